The van der Waals surface area contributed by atoms with E-state index in [1.807, 2.05) is 13.8 Å². The Morgan fingerprint density at radius 3 is 2.58 bits per heavy atom. The largest absolute Gasteiger partial charge is 0.353 e. The molecule has 2 N–H and O–H groups in total. The number of nitrogens with one attached hydrogen (secondary N) is 2. The number of aliphatic imine (C=N–C) groups is 1. The molecule has 1 saturated heterocycles. The normalized spacial score (nSPS) is 16.5. The van der Waals surface area contributed by atoms with E-state index in [0.29, 0.717) is 24.8 Å². The minimum Gasteiger partial charge on any atom is -0.353 e. The predicted octanol–water partition coefficient (Wildman–Crippen LogP) is -0.404. The van der Waals surface area contributed by atoms with E-state index < -0.39 is 0 Å². The molecule has 0 aromatic carbocycles. The molecule has 134 valence electrons. The molecule has 1 aliphatic heterocycles. The van der Waals surface area contributed by atoms with Crippen LogP contribution in [0, 0.1) is 6.92 Å². The van der Waals surface area contributed by atoms with E-state index in [4.69, 9.17) is 4.52 Å². The van der Waals surface area contributed by atoms with E-state index in [9.17, 15) is 4.79 Å². The number of hydrogen-bond donors (Lipinski definition) is 2. The number of carbonyl (C=O) groups is 1. The summed E-state index contributed by atoms with van der Waals surface area (Å²) in [6.07, 6.45) is 0. The monoisotopic (exact) mass is 337 g/mol. The highest BCUT2D eigenvalue weighted by atomic mass is 16.5. The van der Waals surface area contributed by atoms with Crippen molar-refractivity contribution in [3.63, 3.8) is 0 Å². The van der Waals surface area contributed by atoms with Crippen LogP contribution in [0.2, 0.25) is 0 Å². The number of aryl methyl sites for hydroxylation is 1. The molecule has 2 rings (SSSR count). The standard InChI is InChI=1S/C15H27N7O2/c1-11(2)18-14(23)10-21-5-7-22(8-6-21)15(16-4)17-9-13-19-12(3)24-20-13/h11H,5-10H2,1-4H3,(H,16,17)(H,18,23). The number of nitrogens with zero attached hydrogens (tertiary/aromatic N) is 5. The van der Waals surface area contributed by atoms with Crippen LogP contribution >= 0.6 is 0 Å². The second kappa shape index (κ2) is 8.62. The maximum Gasteiger partial charge on any atom is 0.234 e. The van der Waals surface area contributed by atoms with Gasteiger partial charge in [0.25, 0.3) is 0 Å². The topological polar surface area (TPSA) is 98.9 Å². The number of rotatable bonds is 5. The van der Waals surface area contributed by atoms with Crippen molar-refractivity contribution in [3.05, 3.63) is 11.7 Å². The number of aromatic nitrogens is 2. The van der Waals surface area contributed by atoms with Crippen molar-refractivity contribution in [1.29, 1.82) is 0 Å². The molecule has 0 atom stereocenters. The van der Waals surface area contributed by atoms with Crippen LogP contribution in [0.1, 0.15) is 25.6 Å². The van der Waals surface area contributed by atoms with Crippen molar-refractivity contribution < 1.29 is 9.32 Å². The number of amides is 1. The zero-order chi connectivity index (χ0) is 17.5. The quantitative estimate of drug-likeness (QED) is 0.557. The van der Waals surface area contributed by atoms with Crippen LogP contribution in [-0.2, 0) is 11.3 Å². The van der Waals surface area contributed by atoms with E-state index in [-0.39, 0.29) is 11.9 Å². The summed E-state index contributed by atoms with van der Waals surface area (Å²) in [6, 6.07) is 0.176. The molecule has 0 spiro atoms. The Morgan fingerprint density at radius 1 is 1.33 bits per heavy atom. The summed E-state index contributed by atoms with van der Waals surface area (Å²) >= 11 is 0. The van der Waals surface area contributed by atoms with Gasteiger partial charge in [0.1, 0.15) is 0 Å². The highest BCUT2D eigenvalue weighted by Gasteiger charge is 2.21. The van der Waals surface area contributed by atoms with Crippen LogP contribution < -0.4 is 10.6 Å². The fourth-order valence-corrected chi connectivity index (χ4v) is 2.59. The van der Waals surface area contributed by atoms with Crippen molar-refractivity contribution in [2.75, 3.05) is 39.8 Å². The van der Waals surface area contributed by atoms with Crippen molar-refractivity contribution in [2.24, 2.45) is 4.99 Å². The van der Waals surface area contributed by atoms with Crippen LogP contribution in [0.3, 0.4) is 0 Å². The minimum atomic E-state index is 0.0773. The first kappa shape index (κ1) is 18.2. The highest BCUT2D eigenvalue weighted by molar-refractivity contribution is 5.80. The van der Waals surface area contributed by atoms with E-state index in [0.717, 1.165) is 32.1 Å². The van der Waals surface area contributed by atoms with Crippen LogP contribution in [-0.4, -0.2) is 77.6 Å². The lowest BCUT2D eigenvalue weighted by atomic mass is 10.3. The summed E-state index contributed by atoms with van der Waals surface area (Å²) in [5.74, 6) is 2.05. The first-order chi connectivity index (χ1) is 11.5. The summed E-state index contributed by atoms with van der Waals surface area (Å²) in [7, 11) is 1.76. The van der Waals surface area contributed by atoms with Crippen LogP contribution in [0.15, 0.2) is 9.52 Å². The lowest BCUT2D eigenvalue weighted by Gasteiger charge is -2.36. The highest BCUT2D eigenvalue weighted by Crippen LogP contribution is 2.03. The van der Waals surface area contributed by atoms with Gasteiger partial charge >= 0.3 is 0 Å². The van der Waals surface area contributed by atoms with Crippen LogP contribution in [0.25, 0.3) is 0 Å². The van der Waals surface area contributed by atoms with Crippen molar-refractivity contribution in [1.82, 2.24) is 30.6 Å². The lowest BCUT2D eigenvalue weighted by molar-refractivity contribution is -0.123. The van der Waals surface area contributed by atoms with Gasteiger partial charge in [0, 0.05) is 46.2 Å². The third-order valence-corrected chi connectivity index (χ3v) is 3.67. The molecule has 0 radical (unpaired) electrons. The van der Waals surface area contributed by atoms with Crippen LogP contribution in [0.4, 0.5) is 0 Å². The minimum absolute atomic E-state index is 0.0773. The van der Waals surface area contributed by atoms with E-state index in [1.54, 1.807) is 14.0 Å². The van der Waals surface area contributed by atoms with Gasteiger partial charge in [0.05, 0.1) is 13.1 Å². The van der Waals surface area contributed by atoms with Gasteiger partial charge in [-0.25, -0.2) is 0 Å². The molecule has 0 bridgehead atoms. The van der Waals surface area contributed by atoms with Gasteiger partial charge in [-0.15, -0.1) is 0 Å². The molecule has 1 aliphatic rings. The fraction of sp³-hybridized carbons (Fsp3) is 0.733. The second-order valence-corrected chi connectivity index (χ2v) is 6.12. The summed E-state index contributed by atoms with van der Waals surface area (Å²) < 4.78 is 4.96. The zero-order valence-electron chi connectivity index (χ0n) is 14.9. The molecule has 1 aromatic rings. The molecule has 0 aliphatic carbocycles. The SMILES string of the molecule is CN=C(NCc1noc(C)n1)N1CCN(CC(=O)NC(C)C)CC1. The first-order valence-corrected chi connectivity index (χ1v) is 8.24. The third kappa shape index (κ3) is 5.48. The molecule has 0 unspecified atom stereocenters. The molecular weight excluding hydrogens is 310 g/mol. The molecule has 9 nitrogen and oxygen atoms in total. The number of guanidine groups is 1. The second-order valence-electron chi connectivity index (χ2n) is 6.12. The molecule has 1 fully saturated rings. The Morgan fingerprint density at radius 2 is 2.04 bits per heavy atom. The third-order valence-electron chi connectivity index (χ3n) is 3.67. The Balaban J connectivity index is 1.76. The van der Waals surface area contributed by atoms with E-state index >= 15 is 0 Å². The number of piperazine rings is 1. The summed E-state index contributed by atoms with van der Waals surface area (Å²) in [5.41, 5.74) is 0. The maximum atomic E-state index is 11.8. The Bertz CT molecular complexity index is 562. The first-order valence-electron chi connectivity index (χ1n) is 8.24. The van der Waals surface area contributed by atoms with Gasteiger partial charge in [-0.1, -0.05) is 5.16 Å². The molecule has 2 heterocycles. The van der Waals surface area contributed by atoms with Crippen molar-refractivity contribution in [2.45, 2.75) is 33.4 Å². The Kier molecular flexibility index (Phi) is 6.53. The van der Waals surface area contributed by atoms with Gasteiger partial charge < -0.3 is 20.1 Å². The lowest BCUT2D eigenvalue weighted by Crippen LogP contribution is -2.54. The summed E-state index contributed by atoms with van der Waals surface area (Å²) in [6.45, 7) is 9.91. The molecule has 9 heteroatoms. The molecule has 24 heavy (non-hydrogen) atoms. The smallest absolute Gasteiger partial charge is 0.234 e. The van der Waals surface area contributed by atoms with Crippen molar-refractivity contribution >= 4 is 11.9 Å². The molecule has 1 aromatic heterocycles. The fourth-order valence-electron chi connectivity index (χ4n) is 2.59. The zero-order valence-corrected chi connectivity index (χ0v) is 14.9. The average molecular weight is 337 g/mol. The number of carbonyl (C=O) groups excluding carboxylic acids is 1. The summed E-state index contributed by atoms with van der Waals surface area (Å²) in [4.78, 5) is 24.6. The molecule has 1 amide bonds. The van der Waals surface area contributed by atoms with E-state index in [2.05, 4.69) is 35.6 Å². The Hall–Kier alpha value is -2.16. The molecule has 0 saturated carbocycles. The van der Waals surface area contributed by atoms with Crippen molar-refractivity contribution in [3.8, 4) is 0 Å². The van der Waals surface area contributed by atoms with Gasteiger partial charge in [-0.3, -0.25) is 14.7 Å². The van der Waals surface area contributed by atoms with Gasteiger partial charge in [0.15, 0.2) is 11.8 Å². The summed E-state index contributed by atoms with van der Waals surface area (Å²) in [5, 5.41) is 10.0. The average Bonchev–Trinajstić information content (AvgIpc) is 2.94. The Labute approximate surface area is 142 Å². The van der Waals surface area contributed by atoms with Crippen LogP contribution in [0.5, 0.6) is 0 Å². The van der Waals surface area contributed by atoms with Gasteiger partial charge in [-0.2, -0.15) is 4.98 Å². The number of hydrogen-bond acceptors (Lipinski definition) is 6. The molecular formula is C15H27N7O2. The van der Waals surface area contributed by atoms with E-state index in [1.165, 1.54) is 0 Å². The maximum absolute atomic E-state index is 11.8. The van der Waals surface area contributed by atoms with Gasteiger partial charge in [-0.05, 0) is 13.8 Å². The predicted molar refractivity (Wildman–Crippen MR) is 90.5 cm³/mol. The van der Waals surface area contributed by atoms with Gasteiger partial charge in [0.2, 0.25) is 11.8 Å².